The molecule has 19 heavy (non-hydrogen) atoms. The maximum atomic E-state index is 12.2. The van der Waals surface area contributed by atoms with E-state index in [-0.39, 0.29) is 18.7 Å². The Morgan fingerprint density at radius 2 is 2.32 bits per heavy atom. The SMILES string of the molecule is COC(=O)C1CC(O)CN1C(=O)c1c[nH]c(=O)cn1. The number of rotatable bonds is 2. The molecule has 8 nitrogen and oxygen atoms in total. The summed E-state index contributed by atoms with van der Waals surface area (Å²) in [6.07, 6.45) is 1.49. The van der Waals surface area contributed by atoms with E-state index in [0.29, 0.717) is 0 Å². The molecule has 1 aliphatic heterocycles. The molecule has 1 aromatic rings. The largest absolute Gasteiger partial charge is 0.467 e. The summed E-state index contributed by atoms with van der Waals surface area (Å²) in [6.45, 7) is 0.0272. The Bertz CT molecular complexity index is 535. The van der Waals surface area contributed by atoms with Crippen molar-refractivity contribution in [1.82, 2.24) is 14.9 Å². The number of hydrogen-bond acceptors (Lipinski definition) is 6. The van der Waals surface area contributed by atoms with Gasteiger partial charge in [0.15, 0.2) is 0 Å². The number of carbonyl (C=O) groups excluding carboxylic acids is 2. The molecular formula is C11H13N3O5. The smallest absolute Gasteiger partial charge is 0.328 e. The number of ether oxygens (including phenoxy) is 1. The molecule has 0 saturated carbocycles. The first-order valence-corrected chi connectivity index (χ1v) is 5.64. The third-order valence-electron chi connectivity index (χ3n) is 2.90. The molecule has 2 rings (SSSR count). The topological polar surface area (TPSA) is 113 Å². The van der Waals surface area contributed by atoms with Crippen LogP contribution in [0.25, 0.3) is 0 Å². The van der Waals surface area contributed by atoms with Gasteiger partial charge < -0.3 is 19.7 Å². The van der Waals surface area contributed by atoms with E-state index in [9.17, 15) is 19.5 Å². The Morgan fingerprint density at radius 3 is 2.89 bits per heavy atom. The molecule has 0 aromatic carbocycles. The number of esters is 1. The minimum Gasteiger partial charge on any atom is -0.467 e. The second kappa shape index (κ2) is 5.19. The van der Waals surface area contributed by atoms with E-state index < -0.39 is 29.6 Å². The van der Waals surface area contributed by atoms with Crippen LogP contribution in [0.3, 0.4) is 0 Å². The van der Waals surface area contributed by atoms with Crippen LogP contribution in [0.4, 0.5) is 0 Å². The van der Waals surface area contributed by atoms with Gasteiger partial charge in [-0.3, -0.25) is 9.59 Å². The van der Waals surface area contributed by atoms with Crippen LogP contribution in [0, 0.1) is 0 Å². The van der Waals surface area contributed by atoms with Crippen LogP contribution < -0.4 is 5.56 Å². The predicted octanol–water partition coefficient (Wildman–Crippen LogP) is -1.48. The second-order valence-corrected chi connectivity index (χ2v) is 4.18. The van der Waals surface area contributed by atoms with Gasteiger partial charge in [0, 0.05) is 19.2 Å². The number of aliphatic hydroxyl groups excluding tert-OH is 1. The first kappa shape index (κ1) is 13.2. The van der Waals surface area contributed by atoms with Gasteiger partial charge in [-0.2, -0.15) is 0 Å². The van der Waals surface area contributed by atoms with Crippen molar-refractivity contribution in [1.29, 1.82) is 0 Å². The van der Waals surface area contributed by atoms with Gasteiger partial charge in [-0.05, 0) is 0 Å². The van der Waals surface area contributed by atoms with E-state index in [1.807, 2.05) is 0 Å². The zero-order chi connectivity index (χ0) is 14.0. The zero-order valence-corrected chi connectivity index (χ0v) is 10.2. The molecule has 1 saturated heterocycles. The van der Waals surface area contributed by atoms with Gasteiger partial charge >= 0.3 is 5.97 Å². The van der Waals surface area contributed by atoms with Crippen molar-refractivity contribution in [2.24, 2.45) is 0 Å². The number of nitrogens with zero attached hydrogens (tertiary/aromatic N) is 2. The lowest BCUT2D eigenvalue weighted by Crippen LogP contribution is -2.41. The number of hydrogen-bond donors (Lipinski definition) is 2. The third-order valence-corrected chi connectivity index (χ3v) is 2.90. The van der Waals surface area contributed by atoms with E-state index in [4.69, 9.17) is 0 Å². The van der Waals surface area contributed by atoms with Crippen LogP contribution in [-0.2, 0) is 9.53 Å². The number of aromatic amines is 1. The van der Waals surface area contributed by atoms with E-state index in [2.05, 4.69) is 14.7 Å². The minimum atomic E-state index is -0.832. The van der Waals surface area contributed by atoms with Crippen molar-refractivity contribution < 1.29 is 19.4 Å². The third kappa shape index (κ3) is 2.63. The highest BCUT2D eigenvalue weighted by molar-refractivity contribution is 5.95. The molecule has 2 heterocycles. The maximum Gasteiger partial charge on any atom is 0.328 e. The lowest BCUT2D eigenvalue weighted by molar-refractivity contribution is -0.145. The molecule has 102 valence electrons. The number of amides is 1. The number of aromatic nitrogens is 2. The summed E-state index contributed by atoms with van der Waals surface area (Å²) >= 11 is 0. The van der Waals surface area contributed by atoms with Crippen molar-refractivity contribution in [3.8, 4) is 0 Å². The van der Waals surface area contributed by atoms with Gasteiger partial charge in [-0.25, -0.2) is 9.78 Å². The Hall–Kier alpha value is -2.22. The molecule has 0 aliphatic carbocycles. The molecule has 1 aliphatic rings. The van der Waals surface area contributed by atoms with Gasteiger partial charge in [0.25, 0.3) is 11.5 Å². The standard InChI is InChI=1S/C11H13N3O5/c1-19-11(18)8-2-6(15)5-14(8)10(17)7-3-13-9(16)4-12-7/h3-4,6,8,15H,2,5H2,1H3,(H,13,16). The summed E-state index contributed by atoms with van der Waals surface area (Å²) < 4.78 is 4.60. The van der Waals surface area contributed by atoms with Crippen LogP contribution >= 0.6 is 0 Å². The second-order valence-electron chi connectivity index (χ2n) is 4.18. The number of methoxy groups -OCH3 is 1. The molecule has 0 bridgehead atoms. The summed E-state index contributed by atoms with van der Waals surface area (Å²) in [6, 6.07) is -0.832. The first-order chi connectivity index (χ1) is 9.02. The van der Waals surface area contributed by atoms with Gasteiger partial charge in [0.2, 0.25) is 0 Å². The Balaban J connectivity index is 2.23. The summed E-state index contributed by atoms with van der Waals surface area (Å²) in [7, 11) is 1.22. The average molecular weight is 267 g/mol. The normalized spacial score (nSPS) is 22.3. The lowest BCUT2D eigenvalue weighted by atomic mass is 10.2. The zero-order valence-electron chi connectivity index (χ0n) is 10.2. The van der Waals surface area contributed by atoms with E-state index >= 15 is 0 Å². The fourth-order valence-corrected chi connectivity index (χ4v) is 2.00. The van der Waals surface area contributed by atoms with Crippen LogP contribution in [0.15, 0.2) is 17.2 Å². The summed E-state index contributed by atoms with van der Waals surface area (Å²) in [5.41, 5.74) is -0.426. The lowest BCUT2D eigenvalue weighted by Gasteiger charge is -2.21. The molecule has 1 aromatic heterocycles. The number of β-amino-alcohol motifs (C(OH)–C–C–N with tert-alkyl or cyclic N) is 1. The van der Waals surface area contributed by atoms with Crippen molar-refractivity contribution in [3.05, 3.63) is 28.4 Å². The highest BCUT2D eigenvalue weighted by Crippen LogP contribution is 2.20. The van der Waals surface area contributed by atoms with Gasteiger partial charge in [0.1, 0.15) is 11.7 Å². The molecule has 8 heteroatoms. The summed E-state index contributed by atoms with van der Waals surface area (Å²) in [5.74, 6) is -1.13. The molecule has 0 radical (unpaired) electrons. The van der Waals surface area contributed by atoms with E-state index in [1.54, 1.807) is 0 Å². The van der Waals surface area contributed by atoms with E-state index in [1.165, 1.54) is 18.2 Å². The van der Waals surface area contributed by atoms with Crippen molar-refractivity contribution in [3.63, 3.8) is 0 Å². The van der Waals surface area contributed by atoms with Crippen LogP contribution in [-0.4, -0.2) is 57.7 Å². The average Bonchev–Trinajstić information content (AvgIpc) is 2.80. The van der Waals surface area contributed by atoms with Crippen LogP contribution in [0.5, 0.6) is 0 Å². The number of likely N-dealkylation sites (tertiary alicyclic amines) is 1. The molecule has 2 atom stereocenters. The number of H-pyrrole nitrogens is 1. The molecule has 2 unspecified atom stereocenters. The monoisotopic (exact) mass is 267 g/mol. The quantitative estimate of drug-likeness (QED) is 0.632. The fourth-order valence-electron chi connectivity index (χ4n) is 2.00. The van der Waals surface area contributed by atoms with Crippen molar-refractivity contribution >= 4 is 11.9 Å². The Labute approximate surface area is 108 Å². The van der Waals surface area contributed by atoms with Crippen molar-refractivity contribution in [2.75, 3.05) is 13.7 Å². The van der Waals surface area contributed by atoms with Crippen LogP contribution in [0.2, 0.25) is 0 Å². The maximum absolute atomic E-state index is 12.2. The number of aliphatic hydroxyl groups is 1. The van der Waals surface area contributed by atoms with Crippen molar-refractivity contribution in [2.45, 2.75) is 18.6 Å². The minimum absolute atomic E-state index is 0.00241. The highest BCUT2D eigenvalue weighted by atomic mass is 16.5. The fraction of sp³-hybridized carbons (Fsp3) is 0.455. The molecule has 2 N–H and O–H groups in total. The number of carbonyl (C=O) groups is 2. The summed E-state index contributed by atoms with van der Waals surface area (Å²) in [4.78, 5) is 41.8. The highest BCUT2D eigenvalue weighted by Gasteiger charge is 2.40. The summed E-state index contributed by atoms with van der Waals surface area (Å²) in [5, 5.41) is 9.57. The van der Waals surface area contributed by atoms with Gasteiger partial charge in [-0.15, -0.1) is 0 Å². The van der Waals surface area contributed by atoms with Gasteiger partial charge in [-0.1, -0.05) is 0 Å². The molecule has 0 spiro atoms. The molecular weight excluding hydrogens is 254 g/mol. The Kier molecular flexibility index (Phi) is 3.61. The molecule has 1 fully saturated rings. The van der Waals surface area contributed by atoms with Gasteiger partial charge in [0.05, 0.1) is 19.4 Å². The number of nitrogens with one attached hydrogen (secondary N) is 1. The molecule has 1 amide bonds. The first-order valence-electron chi connectivity index (χ1n) is 5.64. The predicted molar refractivity (Wildman–Crippen MR) is 62.3 cm³/mol. The van der Waals surface area contributed by atoms with E-state index in [0.717, 1.165) is 6.20 Å². The van der Waals surface area contributed by atoms with Crippen LogP contribution in [0.1, 0.15) is 16.9 Å². The Morgan fingerprint density at radius 1 is 1.58 bits per heavy atom.